The molecule has 142 valence electrons. The van der Waals surface area contributed by atoms with Crippen LogP contribution in [0.5, 0.6) is 0 Å². The van der Waals surface area contributed by atoms with Crippen LogP contribution in [0.2, 0.25) is 0 Å². The molecular weight excluding hydrogens is 324 g/mol. The fourth-order valence-electron chi connectivity index (χ4n) is 4.20. The Morgan fingerprint density at radius 2 is 2.08 bits per heavy atom. The van der Waals surface area contributed by atoms with Crippen LogP contribution < -0.4 is 5.32 Å². The van der Waals surface area contributed by atoms with Crippen LogP contribution in [0.15, 0.2) is 42.9 Å². The fraction of sp³-hybridized carbons (Fsp3) is 0.571. The summed E-state index contributed by atoms with van der Waals surface area (Å²) in [4.78, 5) is 6.82. The number of nitrogens with zero attached hydrogens (tertiary/aromatic N) is 3. The molecule has 0 bridgehead atoms. The van der Waals surface area contributed by atoms with E-state index in [4.69, 9.17) is 4.74 Å². The third-order valence-corrected chi connectivity index (χ3v) is 5.53. The van der Waals surface area contributed by atoms with E-state index in [2.05, 4.69) is 64.2 Å². The van der Waals surface area contributed by atoms with Crippen LogP contribution in [-0.4, -0.2) is 54.3 Å². The number of ether oxygens (including phenoxy) is 1. The minimum Gasteiger partial charge on any atom is -0.383 e. The first-order valence-electron chi connectivity index (χ1n) is 9.61. The van der Waals surface area contributed by atoms with Crippen LogP contribution in [0, 0.1) is 5.92 Å². The lowest BCUT2D eigenvalue weighted by atomic mass is 9.87. The lowest BCUT2D eigenvalue weighted by molar-refractivity contribution is 0.105. The SMILES string of the molecule is COCC(Cc1ccccc1)NC[C@@H]1CCCN(C)[C@H]1c1cncn1C. The first-order valence-corrected chi connectivity index (χ1v) is 9.61. The second-order valence-electron chi connectivity index (χ2n) is 7.51. The predicted molar refractivity (Wildman–Crippen MR) is 105 cm³/mol. The Hall–Kier alpha value is -1.69. The third-order valence-electron chi connectivity index (χ3n) is 5.53. The quantitative estimate of drug-likeness (QED) is 0.790. The third kappa shape index (κ3) is 4.72. The second-order valence-corrected chi connectivity index (χ2v) is 7.51. The van der Waals surface area contributed by atoms with Crippen LogP contribution in [0.4, 0.5) is 0 Å². The average molecular weight is 357 g/mol. The summed E-state index contributed by atoms with van der Waals surface area (Å²) in [6.45, 7) is 2.88. The highest BCUT2D eigenvalue weighted by molar-refractivity contribution is 5.16. The summed E-state index contributed by atoms with van der Waals surface area (Å²) in [5, 5.41) is 3.79. The Balaban J connectivity index is 1.65. The fourth-order valence-corrected chi connectivity index (χ4v) is 4.20. The number of benzene rings is 1. The number of imidazole rings is 1. The van der Waals surface area contributed by atoms with Crippen molar-refractivity contribution in [2.45, 2.75) is 31.3 Å². The first kappa shape index (κ1) is 19.1. The molecule has 0 aliphatic carbocycles. The molecule has 1 unspecified atom stereocenters. The molecule has 1 fully saturated rings. The van der Waals surface area contributed by atoms with Gasteiger partial charge in [0.2, 0.25) is 0 Å². The van der Waals surface area contributed by atoms with Crippen molar-refractivity contribution in [3.05, 3.63) is 54.1 Å². The largest absolute Gasteiger partial charge is 0.383 e. The molecule has 0 saturated carbocycles. The maximum absolute atomic E-state index is 5.47. The topological polar surface area (TPSA) is 42.3 Å². The maximum Gasteiger partial charge on any atom is 0.0946 e. The van der Waals surface area contributed by atoms with Crippen molar-refractivity contribution < 1.29 is 4.74 Å². The van der Waals surface area contributed by atoms with Gasteiger partial charge in [-0.25, -0.2) is 4.98 Å². The standard InChI is InChI=1S/C21H32N4O/c1-24-11-7-10-18(21(24)20-14-22-16-25(20)2)13-23-19(15-26-3)12-17-8-5-4-6-9-17/h4-6,8-9,14,16,18-19,21,23H,7,10-13,15H2,1-3H3/t18-,19?,21+/m0/s1. The number of nitrogens with one attached hydrogen (secondary N) is 1. The molecule has 0 amide bonds. The van der Waals surface area contributed by atoms with E-state index >= 15 is 0 Å². The number of hydrogen-bond donors (Lipinski definition) is 1. The normalized spacial score (nSPS) is 22.4. The van der Waals surface area contributed by atoms with Gasteiger partial charge >= 0.3 is 0 Å². The van der Waals surface area contributed by atoms with Crippen molar-refractivity contribution in [3.8, 4) is 0 Å². The number of piperidine rings is 1. The Morgan fingerprint density at radius 3 is 2.77 bits per heavy atom. The molecule has 1 aromatic heterocycles. The average Bonchev–Trinajstić information content (AvgIpc) is 3.06. The lowest BCUT2D eigenvalue weighted by Gasteiger charge is -2.40. The van der Waals surface area contributed by atoms with E-state index in [1.807, 2.05) is 12.5 Å². The van der Waals surface area contributed by atoms with E-state index < -0.39 is 0 Å². The number of aromatic nitrogens is 2. The molecule has 3 rings (SSSR count). The Morgan fingerprint density at radius 1 is 1.27 bits per heavy atom. The molecule has 5 heteroatoms. The van der Waals surface area contributed by atoms with Gasteiger partial charge in [-0.05, 0) is 44.3 Å². The van der Waals surface area contributed by atoms with Gasteiger partial charge in [0.15, 0.2) is 0 Å². The van der Waals surface area contributed by atoms with Gasteiger partial charge in [-0.15, -0.1) is 0 Å². The number of hydrogen-bond acceptors (Lipinski definition) is 4. The highest BCUT2D eigenvalue weighted by atomic mass is 16.5. The van der Waals surface area contributed by atoms with E-state index in [0.29, 0.717) is 18.0 Å². The minimum atomic E-state index is 0.335. The van der Waals surface area contributed by atoms with Crippen molar-refractivity contribution in [2.24, 2.45) is 13.0 Å². The zero-order valence-electron chi connectivity index (χ0n) is 16.3. The predicted octanol–water partition coefficient (Wildman–Crippen LogP) is 2.65. The molecular formula is C21H32N4O. The van der Waals surface area contributed by atoms with Gasteiger partial charge in [-0.2, -0.15) is 0 Å². The van der Waals surface area contributed by atoms with E-state index in [0.717, 1.165) is 26.1 Å². The summed E-state index contributed by atoms with van der Waals surface area (Å²) in [6, 6.07) is 11.4. The highest BCUT2D eigenvalue weighted by Gasteiger charge is 2.32. The lowest BCUT2D eigenvalue weighted by Crippen LogP contribution is -2.45. The number of methoxy groups -OCH3 is 1. The molecule has 0 radical (unpaired) electrons. The molecule has 1 aromatic carbocycles. The molecule has 0 spiro atoms. The van der Waals surface area contributed by atoms with Crippen molar-refractivity contribution >= 4 is 0 Å². The first-order chi connectivity index (χ1) is 12.7. The van der Waals surface area contributed by atoms with E-state index in [1.54, 1.807) is 7.11 Å². The number of rotatable bonds is 8. The van der Waals surface area contributed by atoms with Gasteiger partial charge in [0.05, 0.1) is 24.7 Å². The van der Waals surface area contributed by atoms with Crippen LogP contribution in [0.1, 0.15) is 30.1 Å². The Kier molecular flexibility index (Phi) is 6.83. The number of likely N-dealkylation sites (tertiary alicyclic amines) is 1. The zero-order chi connectivity index (χ0) is 18.4. The van der Waals surface area contributed by atoms with Crippen molar-refractivity contribution in [3.63, 3.8) is 0 Å². The van der Waals surface area contributed by atoms with E-state index in [9.17, 15) is 0 Å². The molecule has 26 heavy (non-hydrogen) atoms. The van der Waals surface area contributed by atoms with Crippen LogP contribution in [0.3, 0.4) is 0 Å². The van der Waals surface area contributed by atoms with Crippen LogP contribution >= 0.6 is 0 Å². The molecule has 1 aliphatic rings. The summed E-state index contributed by atoms with van der Waals surface area (Å²) >= 11 is 0. The summed E-state index contributed by atoms with van der Waals surface area (Å²) in [7, 11) is 6.12. The van der Waals surface area contributed by atoms with E-state index in [-0.39, 0.29) is 0 Å². The summed E-state index contributed by atoms with van der Waals surface area (Å²) in [5.41, 5.74) is 2.66. The van der Waals surface area contributed by atoms with Crippen LogP contribution in [0.25, 0.3) is 0 Å². The second kappa shape index (κ2) is 9.31. The van der Waals surface area contributed by atoms with Crippen molar-refractivity contribution in [2.75, 3.05) is 33.9 Å². The Bertz CT molecular complexity index is 657. The maximum atomic E-state index is 5.47. The monoisotopic (exact) mass is 356 g/mol. The summed E-state index contributed by atoms with van der Waals surface area (Å²) in [6.07, 6.45) is 7.43. The zero-order valence-corrected chi connectivity index (χ0v) is 16.3. The minimum absolute atomic E-state index is 0.335. The van der Waals surface area contributed by atoms with Gasteiger partial charge in [-0.1, -0.05) is 30.3 Å². The van der Waals surface area contributed by atoms with Gasteiger partial charge in [-0.3, -0.25) is 4.90 Å². The summed E-state index contributed by atoms with van der Waals surface area (Å²) < 4.78 is 7.63. The van der Waals surface area contributed by atoms with Gasteiger partial charge in [0, 0.05) is 32.9 Å². The smallest absolute Gasteiger partial charge is 0.0946 e. The van der Waals surface area contributed by atoms with E-state index in [1.165, 1.54) is 24.1 Å². The highest BCUT2D eigenvalue weighted by Crippen LogP contribution is 2.34. The molecule has 2 aromatic rings. The van der Waals surface area contributed by atoms with Gasteiger partial charge in [0.1, 0.15) is 0 Å². The molecule has 3 atom stereocenters. The molecule has 2 heterocycles. The summed E-state index contributed by atoms with van der Waals surface area (Å²) in [5.74, 6) is 0.583. The molecule has 5 nitrogen and oxygen atoms in total. The molecule has 1 aliphatic heterocycles. The van der Waals surface area contributed by atoms with Crippen molar-refractivity contribution in [1.29, 1.82) is 0 Å². The molecule has 1 N–H and O–H groups in total. The number of aryl methyl sites for hydroxylation is 1. The molecule has 1 saturated heterocycles. The van der Waals surface area contributed by atoms with Crippen molar-refractivity contribution in [1.82, 2.24) is 19.8 Å². The Labute approximate surface area is 157 Å². The van der Waals surface area contributed by atoms with Crippen LogP contribution in [-0.2, 0) is 18.2 Å². The van der Waals surface area contributed by atoms with Gasteiger partial charge in [0.25, 0.3) is 0 Å². The van der Waals surface area contributed by atoms with Gasteiger partial charge < -0.3 is 14.6 Å².